The Hall–Kier alpha value is -2.32. The molecule has 0 aliphatic heterocycles. The smallest absolute Gasteiger partial charge is 0.240 e. The molecule has 0 aliphatic carbocycles. The molecule has 2 rings (SSSR count). The van der Waals surface area contributed by atoms with Crippen LogP contribution in [0.1, 0.15) is 40.1 Å². The lowest BCUT2D eigenvalue weighted by molar-refractivity contribution is -0.122. The van der Waals surface area contributed by atoms with Gasteiger partial charge in [-0.2, -0.15) is 10.2 Å². The molecule has 2 heterocycles. The minimum absolute atomic E-state index is 0.212. The predicted molar refractivity (Wildman–Crippen MR) is 103 cm³/mol. The Morgan fingerprint density at radius 2 is 1.36 bits per heavy atom. The monoisotopic (exact) mass is 376 g/mol. The van der Waals surface area contributed by atoms with Crippen LogP contribution in [0, 0.1) is 13.8 Å². The number of nitrogens with zero attached hydrogens (tertiary/aromatic N) is 2. The standard InChI is InChI=1S/C17H20N4O2S2/c1-12-6-8-24-14(12)10-18-20-16(22)4-3-5-17(23)21-19-11-15-13(2)7-9-25-15/h6-11H,3-5H2,1-2H3,(H,20,22)(H,21,23)/b18-10+,19-11+. The van der Waals surface area contributed by atoms with Crippen molar-refractivity contribution in [3.05, 3.63) is 43.8 Å². The molecule has 0 fully saturated rings. The van der Waals surface area contributed by atoms with Crippen LogP contribution in [-0.2, 0) is 9.59 Å². The third-order valence-corrected chi connectivity index (χ3v) is 5.26. The van der Waals surface area contributed by atoms with Gasteiger partial charge in [-0.25, -0.2) is 10.9 Å². The van der Waals surface area contributed by atoms with E-state index in [9.17, 15) is 9.59 Å². The minimum atomic E-state index is -0.212. The molecule has 0 unspecified atom stereocenters. The first-order valence-corrected chi connectivity index (χ1v) is 9.54. The van der Waals surface area contributed by atoms with Gasteiger partial charge < -0.3 is 0 Å². The molecule has 2 N–H and O–H groups in total. The van der Waals surface area contributed by atoms with Crippen molar-refractivity contribution in [2.75, 3.05) is 0 Å². The minimum Gasteiger partial charge on any atom is -0.273 e. The van der Waals surface area contributed by atoms with E-state index in [4.69, 9.17) is 0 Å². The molecule has 0 saturated heterocycles. The number of rotatable bonds is 8. The highest BCUT2D eigenvalue weighted by Gasteiger charge is 2.04. The first-order valence-electron chi connectivity index (χ1n) is 7.78. The van der Waals surface area contributed by atoms with Gasteiger partial charge in [-0.1, -0.05) is 0 Å². The van der Waals surface area contributed by atoms with E-state index in [0.717, 1.165) is 20.9 Å². The summed E-state index contributed by atoms with van der Waals surface area (Å²) in [6.45, 7) is 3.97. The number of thiophene rings is 2. The van der Waals surface area contributed by atoms with Crippen LogP contribution in [0.4, 0.5) is 0 Å². The van der Waals surface area contributed by atoms with Crippen LogP contribution in [0.25, 0.3) is 0 Å². The average molecular weight is 377 g/mol. The number of hydrogen-bond acceptors (Lipinski definition) is 6. The molecule has 2 aromatic heterocycles. The summed E-state index contributed by atoms with van der Waals surface area (Å²) >= 11 is 3.13. The van der Waals surface area contributed by atoms with Crippen molar-refractivity contribution < 1.29 is 9.59 Å². The Balaban J connectivity index is 1.61. The second kappa shape index (κ2) is 9.85. The van der Waals surface area contributed by atoms with Gasteiger partial charge in [0.25, 0.3) is 0 Å². The number of carbonyl (C=O) groups is 2. The third kappa shape index (κ3) is 6.60. The van der Waals surface area contributed by atoms with E-state index < -0.39 is 0 Å². The number of nitrogens with one attached hydrogen (secondary N) is 2. The van der Waals surface area contributed by atoms with E-state index in [1.165, 1.54) is 0 Å². The molecule has 8 heteroatoms. The van der Waals surface area contributed by atoms with Crippen LogP contribution >= 0.6 is 22.7 Å². The van der Waals surface area contributed by atoms with Crippen LogP contribution in [0.2, 0.25) is 0 Å². The van der Waals surface area contributed by atoms with Crippen molar-refractivity contribution in [3.8, 4) is 0 Å². The van der Waals surface area contributed by atoms with Crippen molar-refractivity contribution in [1.29, 1.82) is 0 Å². The Morgan fingerprint density at radius 1 is 0.920 bits per heavy atom. The highest BCUT2D eigenvalue weighted by atomic mass is 32.1. The topological polar surface area (TPSA) is 82.9 Å². The summed E-state index contributed by atoms with van der Waals surface area (Å²) in [4.78, 5) is 25.4. The maximum absolute atomic E-state index is 11.7. The number of carbonyl (C=O) groups excluding carboxylic acids is 2. The van der Waals surface area contributed by atoms with Crippen LogP contribution in [0.3, 0.4) is 0 Å². The second-order valence-corrected chi connectivity index (χ2v) is 7.27. The summed E-state index contributed by atoms with van der Waals surface area (Å²) in [6, 6.07) is 3.99. The van der Waals surface area contributed by atoms with E-state index in [1.807, 2.05) is 36.7 Å². The Bertz CT molecular complexity index is 713. The summed E-state index contributed by atoms with van der Waals surface area (Å²) in [5.74, 6) is -0.424. The lowest BCUT2D eigenvalue weighted by Gasteiger charge is -2.00. The first kappa shape index (κ1) is 19.0. The molecule has 0 spiro atoms. The van der Waals surface area contributed by atoms with E-state index in [-0.39, 0.29) is 24.7 Å². The van der Waals surface area contributed by atoms with Gasteiger partial charge in [0.2, 0.25) is 11.8 Å². The zero-order valence-electron chi connectivity index (χ0n) is 14.1. The molecular weight excluding hydrogens is 356 g/mol. The molecule has 6 nitrogen and oxygen atoms in total. The third-order valence-electron chi connectivity index (χ3n) is 3.35. The van der Waals surface area contributed by atoms with Gasteiger partial charge in [0.15, 0.2) is 0 Å². The zero-order valence-corrected chi connectivity index (χ0v) is 15.7. The highest BCUT2D eigenvalue weighted by Crippen LogP contribution is 2.13. The lowest BCUT2D eigenvalue weighted by Crippen LogP contribution is -2.20. The molecule has 0 bridgehead atoms. The largest absolute Gasteiger partial charge is 0.273 e. The van der Waals surface area contributed by atoms with Gasteiger partial charge in [0.1, 0.15) is 0 Å². The summed E-state index contributed by atoms with van der Waals surface area (Å²) < 4.78 is 0. The molecule has 0 atom stereocenters. The van der Waals surface area contributed by atoms with Gasteiger partial charge in [-0.05, 0) is 54.3 Å². The summed E-state index contributed by atoms with van der Waals surface area (Å²) in [5, 5.41) is 11.8. The van der Waals surface area contributed by atoms with Crippen molar-refractivity contribution >= 4 is 46.9 Å². The fourth-order valence-corrected chi connectivity index (χ4v) is 3.45. The maximum Gasteiger partial charge on any atom is 0.240 e. The van der Waals surface area contributed by atoms with Crippen LogP contribution in [0.15, 0.2) is 33.1 Å². The second-order valence-electron chi connectivity index (χ2n) is 5.38. The summed E-state index contributed by atoms with van der Waals surface area (Å²) in [5.41, 5.74) is 7.18. The van der Waals surface area contributed by atoms with Gasteiger partial charge in [-0.15, -0.1) is 22.7 Å². The van der Waals surface area contributed by atoms with Gasteiger partial charge in [0, 0.05) is 22.6 Å². The van der Waals surface area contributed by atoms with E-state index in [2.05, 4.69) is 21.1 Å². The fraction of sp³-hybridized carbons (Fsp3) is 0.294. The SMILES string of the molecule is Cc1ccsc1/C=N/NC(=O)CCCC(=O)N/N=C/c1sccc1C. The molecule has 132 valence electrons. The van der Waals surface area contributed by atoms with Gasteiger partial charge in [-0.3, -0.25) is 9.59 Å². The average Bonchev–Trinajstić information content (AvgIpc) is 3.16. The van der Waals surface area contributed by atoms with Gasteiger partial charge in [0.05, 0.1) is 12.4 Å². The number of hydrazone groups is 2. The van der Waals surface area contributed by atoms with Crippen molar-refractivity contribution in [3.63, 3.8) is 0 Å². The maximum atomic E-state index is 11.7. The van der Waals surface area contributed by atoms with Crippen molar-refractivity contribution in [2.45, 2.75) is 33.1 Å². The van der Waals surface area contributed by atoms with Crippen LogP contribution in [-0.4, -0.2) is 24.2 Å². The fourth-order valence-electron chi connectivity index (χ4n) is 1.88. The quantitative estimate of drug-likeness (QED) is 0.548. The molecule has 0 aliphatic rings. The lowest BCUT2D eigenvalue weighted by atomic mass is 10.2. The number of amides is 2. The molecule has 2 aromatic rings. The van der Waals surface area contributed by atoms with Gasteiger partial charge >= 0.3 is 0 Å². The van der Waals surface area contributed by atoms with E-state index in [1.54, 1.807) is 35.1 Å². The highest BCUT2D eigenvalue weighted by molar-refractivity contribution is 7.12. The van der Waals surface area contributed by atoms with E-state index >= 15 is 0 Å². The van der Waals surface area contributed by atoms with E-state index in [0.29, 0.717) is 6.42 Å². The van der Waals surface area contributed by atoms with Crippen molar-refractivity contribution in [1.82, 2.24) is 10.9 Å². The summed E-state index contributed by atoms with van der Waals surface area (Å²) in [7, 11) is 0. The number of hydrogen-bond donors (Lipinski definition) is 2. The van der Waals surface area contributed by atoms with Crippen LogP contribution < -0.4 is 10.9 Å². The predicted octanol–water partition coefficient (Wildman–Crippen LogP) is 3.20. The Morgan fingerprint density at radius 3 is 1.72 bits per heavy atom. The molecule has 0 saturated carbocycles. The first-order chi connectivity index (χ1) is 12.1. The molecule has 2 amide bonds. The normalized spacial score (nSPS) is 11.3. The number of aryl methyl sites for hydroxylation is 2. The molecule has 0 radical (unpaired) electrons. The molecule has 0 aromatic carbocycles. The Kier molecular flexibility index (Phi) is 7.49. The molecular formula is C17H20N4O2S2. The van der Waals surface area contributed by atoms with Crippen molar-refractivity contribution in [2.24, 2.45) is 10.2 Å². The summed E-state index contributed by atoms with van der Waals surface area (Å²) in [6.07, 6.45) is 4.18. The molecule has 25 heavy (non-hydrogen) atoms. The zero-order chi connectivity index (χ0) is 18.1. The van der Waals surface area contributed by atoms with Crippen LogP contribution in [0.5, 0.6) is 0 Å². The Labute approximate surface area is 154 Å².